The topological polar surface area (TPSA) is 49.7 Å². The lowest BCUT2D eigenvalue weighted by Gasteiger charge is -2.19. The molecule has 0 N–H and O–H groups in total. The zero-order valence-corrected chi connectivity index (χ0v) is 16.1. The van der Waals surface area contributed by atoms with Gasteiger partial charge in [0.1, 0.15) is 0 Å². The number of hydrogen-bond donors (Lipinski definition) is 0. The maximum absolute atomic E-state index is 4.28. The SMILES string of the molecule is CN(Cc1ccccc1)c1ccc(N=Nc2n(C)nc[n+]2C)cc1.[Br-]. The van der Waals surface area contributed by atoms with Crippen molar-refractivity contribution in [3.8, 4) is 0 Å². The number of azo groups is 1. The van der Waals surface area contributed by atoms with Crippen LogP contribution in [0.2, 0.25) is 0 Å². The van der Waals surface area contributed by atoms with Gasteiger partial charge in [-0.1, -0.05) is 35.4 Å². The minimum atomic E-state index is 0. The predicted molar refractivity (Wildman–Crippen MR) is 93.6 cm³/mol. The first-order valence-electron chi connectivity index (χ1n) is 7.78. The molecule has 130 valence electrons. The third-order valence-corrected chi connectivity index (χ3v) is 3.81. The largest absolute Gasteiger partial charge is 1.00 e. The molecule has 0 unspecified atom stereocenters. The predicted octanol–water partition coefficient (Wildman–Crippen LogP) is 0.300. The van der Waals surface area contributed by atoms with Gasteiger partial charge in [-0.3, -0.25) is 0 Å². The van der Waals surface area contributed by atoms with Gasteiger partial charge >= 0.3 is 5.95 Å². The number of hydrogen-bond acceptors (Lipinski definition) is 4. The van der Waals surface area contributed by atoms with Crippen LogP contribution in [-0.4, -0.2) is 16.8 Å². The summed E-state index contributed by atoms with van der Waals surface area (Å²) < 4.78 is 3.51. The summed E-state index contributed by atoms with van der Waals surface area (Å²) in [6.07, 6.45) is 1.70. The molecule has 0 amide bonds. The Labute approximate surface area is 158 Å². The van der Waals surface area contributed by atoms with Gasteiger partial charge in [0.05, 0.1) is 19.8 Å². The molecule has 0 saturated carbocycles. The number of halogens is 1. The maximum Gasteiger partial charge on any atom is 0.403 e. The maximum atomic E-state index is 4.28. The molecule has 6 nitrogen and oxygen atoms in total. The van der Waals surface area contributed by atoms with E-state index >= 15 is 0 Å². The van der Waals surface area contributed by atoms with E-state index in [0.717, 1.165) is 17.9 Å². The Bertz CT molecular complexity index is 807. The Balaban J connectivity index is 0.00000225. The molecular weight excluding hydrogens is 380 g/mol. The lowest BCUT2D eigenvalue weighted by atomic mass is 10.2. The zero-order valence-electron chi connectivity index (χ0n) is 14.5. The first kappa shape index (κ1) is 18.8. The number of anilines is 1. The second-order valence-electron chi connectivity index (χ2n) is 5.72. The fraction of sp³-hybridized carbons (Fsp3) is 0.222. The first-order valence-corrected chi connectivity index (χ1v) is 7.78. The molecule has 3 aromatic rings. The highest BCUT2D eigenvalue weighted by Gasteiger charge is 2.11. The van der Waals surface area contributed by atoms with Crippen molar-refractivity contribution >= 4 is 17.3 Å². The van der Waals surface area contributed by atoms with Gasteiger partial charge in [0.25, 0.3) is 0 Å². The van der Waals surface area contributed by atoms with E-state index in [1.54, 1.807) is 11.0 Å². The summed E-state index contributed by atoms with van der Waals surface area (Å²) in [5.74, 6) is 0.695. The van der Waals surface area contributed by atoms with Gasteiger partial charge in [0.2, 0.25) is 6.33 Å². The Hall–Kier alpha value is -2.54. The van der Waals surface area contributed by atoms with Gasteiger partial charge in [-0.05, 0) is 34.9 Å². The lowest BCUT2D eigenvalue weighted by Crippen LogP contribution is -3.00. The second-order valence-corrected chi connectivity index (χ2v) is 5.72. The molecule has 0 spiro atoms. The van der Waals surface area contributed by atoms with E-state index in [2.05, 4.69) is 63.7 Å². The second kappa shape index (κ2) is 8.53. The van der Waals surface area contributed by atoms with Crippen molar-refractivity contribution in [2.24, 2.45) is 24.3 Å². The number of aryl methyl sites for hydroxylation is 2. The van der Waals surface area contributed by atoms with E-state index in [4.69, 9.17) is 0 Å². The molecule has 2 aromatic carbocycles. The third kappa shape index (κ3) is 4.73. The smallest absolute Gasteiger partial charge is 0.403 e. The van der Waals surface area contributed by atoms with Gasteiger partial charge in [0.15, 0.2) is 0 Å². The molecule has 0 radical (unpaired) electrons. The van der Waals surface area contributed by atoms with E-state index in [1.807, 2.05) is 36.9 Å². The molecule has 1 heterocycles. The van der Waals surface area contributed by atoms with Gasteiger partial charge < -0.3 is 21.9 Å². The van der Waals surface area contributed by atoms with Crippen LogP contribution in [0.5, 0.6) is 0 Å². The molecule has 0 aliphatic heterocycles. The Morgan fingerprint density at radius 1 is 1.04 bits per heavy atom. The van der Waals surface area contributed by atoms with Crippen molar-refractivity contribution in [3.05, 3.63) is 66.5 Å². The summed E-state index contributed by atoms with van der Waals surface area (Å²) >= 11 is 0. The molecular formula is C18H21BrN6. The Morgan fingerprint density at radius 2 is 1.72 bits per heavy atom. The fourth-order valence-corrected chi connectivity index (χ4v) is 2.45. The Kier molecular flexibility index (Phi) is 6.41. The zero-order chi connectivity index (χ0) is 16.9. The fourth-order valence-electron chi connectivity index (χ4n) is 2.45. The summed E-state index contributed by atoms with van der Waals surface area (Å²) in [7, 11) is 5.82. The van der Waals surface area contributed by atoms with E-state index in [9.17, 15) is 0 Å². The molecule has 1 aromatic heterocycles. The highest BCUT2D eigenvalue weighted by molar-refractivity contribution is 5.52. The van der Waals surface area contributed by atoms with Crippen molar-refractivity contribution in [2.45, 2.75) is 6.54 Å². The summed E-state index contributed by atoms with van der Waals surface area (Å²) in [5, 5.41) is 12.7. The molecule has 3 rings (SSSR count). The molecule has 25 heavy (non-hydrogen) atoms. The molecule has 0 saturated heterocycles. The van der Waals surface area contributed by atoms with Gasteiger partial charge in [-0.25, -0.2) is 4.57 Å². The van der Waals surface area contributed by atoms with E-state index < -0.39 is 0 Å². The van der Waals surface area contributed by atoms with Crippen LogP contribution in [0.3, 0.4) is 0 Å². The van der Waals surface area contributed by atoms with Gasteiger partial charge in [0, 0.05) is 24.4 Å². The molecule has 0 atom stereocenters. The highest BCUT2D eigenvalue weighted by atomic mass is 79.9. The highest BCUT2D eigenvalue weighted by Crippen LogP contribution is 2.21. The first-order chi connectivity index (χ1) is 11.6. The van der Waals surface area contributed by atoms with Crippen molar-refractivity contribution in [1.82, 2.24) is 9.78 Å². The van der Waals surface area contributed by atoms with Crippen LogP contribution in [0.1, 0.15) is 5.56 Å². The average Bonchev–Trinajstić information content (AvgIpc) is 2.92. The number of aromatic nitrogens is 3. The molecule has 0 bridgehead atoms. The monoisotopic (exact) mass is 400 g/mol. The average molecular weight is 401 g/mol. The van der Waals surface area contributed by atoms with Gasteiger partial charge in [-0.15, -0.1) is 4.68 Å². The molecule has 0 aliphatic rings. The number of benzene rings is 2. The van der Waals surface area contributed by atoms with Crippen LogP contribution in [0, 0.1) is 0 Å². The van der Waals surface area contributed by atoms with Crippen LogP contribution in [-0.2, 0) is 20.6 Å². The molecule has 0 aliphatic carbocycles. The molecule has 7 heteroatoms. The lowest BCUT2D eigenvalue weighted by molar-refractivity contribution is -0.659. The standard InChI is InChI=1S/C18H21N6.BrH/c1-22(13-15-7-5-4-6-8-15)17-11-9-16(10-12-17)20-21-18-23(2)14-19-24(18)3;/h4-12,14H,13H2,1-3H3;1H/q+1;/p-1. The van der Waals surface area contributed by atoms with Crippen LogP contribution in [0.15, 0.2) is 71.2 Å². The van der Waals surface area contributed by atoms with Crippen LogP contribution in [0.25, 0.3) is 0 Å². The normalized spacial score (nSPS) is 10.7. The summed E-state index contributed by atoms with van der Waals surface area (Å²) in [6, 6.07) is 18.5. The summed E-state index contributed by atoms with van der Waals surface area (Å²) in [6.45, 7) is 0.868. The Morgan fingerprint density at radius 3 is 2.32 bits per heavy atom. The van der Waals surface area contributed by atoms with E-state index in [-0.39, 0.29) is 17.0 Å². The van der Waals surface area contributed by atoms with E-state index in [0.29, 0.717) is 5.95 Å². The van der Waals surface area contributed by atoms with Crippen molar-refractivity contribution in [1.29, 1.82) is 0 Å². The van der Waals surface area contributed by atoms with Crippen molar-refractivity contribution in [3.63, 3.8) is 0 Å². The van der Waals surface area contributed by atoms with Crippen LogP contribution in [0.4, 0.5) is 17.3 Å². The summed E-state index contributed by atoms with van der Waals surface area (Å²) in [4.78, 5) is 2.21. The number of nitrogens with zero attached hydrogens (tertiary/aromatic N) is 6. The molecule has 0 fully saturated rings. The number of rotatable bonds is 5. The third-order valence-electron chi connectivity index (χ3n) is 3.81. The van der Waals surface area contributed by atoms with Crippen LogP contribution < -0.4 is 26.4 Å². The van der Waals surface area contributed by atoms with Gasteiger partial charge in [-0.2, -0.15) is 0 Å². The van der Waals surface area contributed by atoms with E-state index in [1.165, 1.54) is 5.56 Å². The minimum absolute atomic E-state index is 0. The van der Waals surface area contributed by atoms with Crippen molar-refractivity contribution in [2.75, 3.05) is 11.9 Å². The van der Waals surface area contributed by atoms with Crippen molar-refractivity contribution < 1.29 is 21.5 Å². The quantitative estimate of drug-likeness (QED) is 0.456. The van der Waals surface area contributed by atoms with Crippen LogP contribution >= 0.6 is 0 Å². The minimum Gasteiger partial charge on any atom is -1.00 e. The summed E-state index contributed by atoms with van der Waals surface area (Å²) in [5.41, 5.74) is 3.24.